The molecule has 3 fully saturated rings. The molecule has 0 aromatic rings. The topological polar surface area (TPSA) is 68.0 Å². The number of nitrogens with zero attached hydrogens (tertiary/aromatic N) is 1. The molecule has 0 aromatic heterocycles. The fourth-order valence-corrected chi connectivity index (χ4v) is 4.53. The summed E-state index contributed by atoms with van der Waals surface area (Å²) in [6.07, 6.45) is 9.26. The van der Waals surface area contributed by atoms with Crippen molar-refractivity contribution < 1.29 is 5.32 Å². The van der Waals surface area contributed by atoms with E-state index < -0.39 is 0 Å². The summed E-state index contributed by atoms with van der Waals surface area (Å²) in [5.74, 6) is 2.25. The summed E-state index contributed by atoms with van der Waals surface area (Å²) in [5, 5.41) is 16.1. The first-order valence-corrected chi connectivity index (χ1v) is 10.3. The molecular weight excluding hydrogens is 300 g/mol. The summed E-state index contributed by atoms with van der Waals surface area (Å²) in [4.78, 5) is 0. The van der Waals surface area contributed by atoms with Crippen LogP contribution in [0.4, 0.5) is 0 Å². The molecule has 6 nitrogen and oxygen atoms in total. The van der Waals surface area contributed by atoms with E-state index in [0.717, 1.165) is 25.6 Å². The summed E-state index contributed by atoms with van der Waals surface area (Å²) in [6.45, 7) is 10.2. The minimum Gasteiger partial charge on any atom is -0.302 e. The van der Waals surface area contributed by atoms with Crippen LogP contribution < -0.4 is 26.7 Å². The van der Waals surface area contributed by atoms with Crippen LogP contribution >= 0.6 is 0 Å². The van der Waals surface area contributed by atoms with Crippen molar-refractivity contribution in [2.45, 2.75) is 78.0 Å². The molecule has 2 aliphatic heterocycles. The Morgan fingerprint density at radius 3 is 2.67 bits per heavy atom. The van der Waals surface area contributed by atoms with E-state index in [9.17, 15) is 0 Å². The van der Waals surface area contributed by atoms with Crippen LogP contribution in [0.15, 0.2) is 0 Å². The number of fused-ring (bicyclic) bond motifs is 1. The molecular formula is C18H39N6+. The maximum atomic E-state index is 3.82. The fraction of sp³-hybridized carbons (Fsp3) is 1.00. The van der Waals surface area contributed by atoms with Crippen molar-refractivity contribution in [3.63, 3.8) is 0 Å². The molecule has 3 rings (SSSR count). The molecule has 6 N–H and O–H groups in total. The lowest BCUT2D eigenvalue weighted by atomic mass is 9.89. The molecule has 2 heterocycles. The van der Waals surface area contributed by atoms with Gasteiger partial charge in [-0.25, -0.2) is 10.7 Å². The van der Waals surface area contributed by atoms with Crippen molar-refractivity contribution in [2.24, 2.45) is 17.8 Å². The Bertz CT molecular complexity index is 371. The highest BCUT2D eigenvalue weighted by molar-refractivity contribution is 4.85. The molecule has 1 saturated carbocycles. The van der Waals surface area contributed by atoms with Gasteiger partial charge in [-0.3, -0.25) is 10.6 Å². The minimum atomic E-state index is 0.222. The third-order valence-corrected chi connectivity index (χ3v) is 6.07. The Hall–Kier alpha value is -0.240. The molecule has 140 valence electrons. The SMILES string of the molecule is CCCNC1NC(NCC2CCCCC2)N2NCC(C(C)C)C2[NH2+]1. The minimum absolute atomic E-state index is 0.222. The summed E-state index contributed by atoms with van der Waals surface area (Å²) in [6, 6.07) is 0. The van der Waals surface area contributed by atoms with E-state index >= 15 is 0 Å². The smallest absolute Gasteiger partial charge is 0.200 e. The second kappa shape index (κ2) is 8.92. The second-order valence-corrected chi connectivity index (χ2v) is 8.27. The van der Waals surface area contributed by atoms with E-state index in [4.69, 9.17) is 0 Å². The molecule has 4 atom stereocenters. The number of hydrogen-bond acceptors (Lipinski definition) is 5. The van der Waals surface area contributed by atoms with Gasteiger partial charge in [-0.2, -0.15) is 5.01 Å². The van der Waals surface area contributed by atoms with Gasteiger partial charge in [-0.15, -0.1) is 0 Å². The first-order valence-electron chi connectivity index (χ1n) is 10.3. The van der Waals surface area contributed by atoms with Crippen molar-refractivity contribution in [1.29, 1.82) is 0 Å². The maximum Gasteiger partial charge on any atom is 0.200 e. The number of nitrogens with one attached hydrogen (secondary N) is 4. The number of quaternary nitrogens is 1. The summed E-state index contributed by atoms with van der Waals surface area (Å²) in [5.41, 5.74) is 3.65. The van der Waals surface area contributed by atoms with Gasteiger partial charge in [-0.1, -0.05) is 40.0 Å². The van der Waals surface area contributed by atoms with Crippen LogP contribution in [0.2, 0.25) is 0 Å². The largest absolute Gasteiger partial charge is 0.302 e. The molecule has 0 aromatic carbocycles. The van der Waals surface area contributed by atoms with E-state index in [1.54, 1.807) is 0 Å². The zero-order valence-electron chi connectivity index (χ0n) is 15.9. The highest BCUT2D eigenvalue weighted by atomic mass is 15.7. The Kier molecular flexibility index (Phi) is 6.89. The molecule has 1 aliphatic carbocycles. The summed E-state index contributed by atoms with van der Waals surface area (Å²) in [7, 11) is 0. The number of hydrazine groups is 1. The van der Waals surface area contributed by atoms with Crippen LogP contribution in [-0.4, -0.2) is 43.4 Å². The Morgan fingerprint density at radius 2 is 1.96 bits per heavy atom. The average molecular weight is 340 g/mol. The molecule has 0 bridgehead atoms. The van der Waals surface area contributed by atoms with E-state index in [1.807, 2.05) is 0 Å². The van der Waals surface area contributed by atoms with E-state index in [0.29, 0.717) is 24.3 Å². The van der Waals surface area contributed by atoms with Crippen LogP contribution in [0.1, 0.15) is 59.3 Å². The van der Waals surface area contributed by atoms with Gasteiger partial charge >= 0.3 is 0 Å². The van der Waals surface area contributed by atoms with E-state index in [-0.39, 0.29) is 6.29 Å². The average Bonchev–Trinajstić information content (AvgIpc) is 3.03. The van der Waals surface area contributed by atoms with Crippen molar-refractivity contribution in [3.05, 3.63) is 0 Å². The normalized spacial score (nSPS) is 35.5. The molecule has 0 amide bonds. The molecule has 3 aliphatic rings. The molecule has 0 radical (unpaired) electrons. The van der Waals surface area contributed by atoms with Gasteiger partial charge in [0.05, 0.1) is 0 Å². The third-order valence-electron chi connectivity index (χ3n) is 6.07. The maximum absolute atomic E-state index is 3.82. The molecule has 6 heteroatoms. The lowest BCUT2D eigenvalue weighted by Crippen LogP contribution is -3.08. The third kappa shape index (κ3) is 4.48. The molecule has 24 heavy (non-hydrogen) atoms. The van der Waals surface area contributed by atoms with Crippen LogP contribution in [0.25, 0.3) is 0 Å². The van der Waals surface area contributed by atoms with Crippen molar-refractivity contribution in [2.75, 3.05) is 19.6 Å². The Labute approximate surface area is 147 Å². The second-order valence-electron chi connectivity index (χ2n) is 8.27. The number of nitrogens with two attached hydrogens (primary N) is 1. The highest BCUT2D eigenvalue weighted by Gasteiger charge is 2.47. The van der Waals surface area contributed by atoms with Crippen LogP contribution in [0, 0.1) is 17.8 Å². The van der Waals surface area contributed by atoms with Gasteiger partial charge in [-0.05, 0) is 31.1 Å². The van der Waals surface area contributed by atoms with Gasteiger partial charge in [0.2, 0.25) is 6.29 Å². The first-order chi connectivity index (χ1) is 11.7. The number of rotatable bonds is 7. The van der Waals surface area contributed by atoms with Gasteiger partial charge in [0, 0.05) is 25.6 Å². The standard InChI is InChI=1S/C18H38N6/c1-4-10-19-17-22-16-15(13(2)3)12-21-24(16)18(23-17)20-11-14-8-6-5-7-9-14/h13-23H,4-12H2,1-3H3/p+1. The van der Waals surface area contributed by atoms with E-state index in [2.05, 4.69) is 52.5 Å². The molecule has 2 saturated heterocycles. The Morgan fingerprint density at radius 1 is 1.17 bits per heavy atom. The molecule has 4 unspecified atom stereocenters. The summed E-state index contributed by atoms with van der Waals surface area (Å²) < 4.78 is 0. The van der Waals surface area contributed by atoms with Gasteiger partial charge in [0.15, 0.2) is 6.17 Å². The van der Waals surface area contributed by atoms with Gasteiger partial charge < -0.3 is 5.32 Å². The fourth-order valence-electron chi connectivity index (χ4n) is 4.53. The molecule has 0 spiro atoms. The monoisotopic (exact) mass is 339 g/mol. The first kappa shape index (κ1) is 18.5. The van der Waals surface area contributed by atoms with Crippen molar-refractivity contribution in [1.82, 2.24) is 26.4 Å². The predicted molar refractivity (Wildman–Crippen MR) is 97.5 cm³/mol. The van der Waals surface area contributed by atoms with Crippen LogP contribution in [0.3, 0.4) is 0 Å². The quantitative estimate of drug-likeness (QED) is 0.462. The zero-order valence-corrected chi connectivity index (χ0v) is 15.9. The van der Waals surface area contributed by atoms with Crippen molar-refractivity contribution in [3.8, 4) is 0 Å². The lowest BCUT2D eigenvalue weighted by molar-refractivity contribution is -0.767. The van der Waals surface area contributed by atoms with E-state index in [1.165, 1.54) is 38.5 Å². The Balaban J connectivity index is 1.59. The summed E-state index contributed by atoms with van der Waals surface area (Å²) >= 11 is 0. The van der Waals surface area contributed by atoms with Crippen LogP contribution in [-0.2, 0) is 0 Å². The van der Waals surface area contributed by atoms with Crippen LogP contribution in [0.5, 0.6) is 0 Å². The predicted octanol–water partition coefficient (Wildman–Crippen LogP) is 0.308. The van der Waals surface area contributed by atoms with Gasteiger partial charge in [0.1, 0.15) is 6.29 Å². The number of hydrogen-bond donors (Lipinski definition) is 5. The van der Waals surface area contributed by atoms with Crippen molar-refractivity contribution >= 4 is 0 Å². The zero-order chi connectivity index (χ0) is 16.9. The highest BCUT2D eigenvalue weighted by Crippen LogP contribution is 2.24. The lowest BCUT2D eigenvalue weighted by Gasteiger charge is -2.42. The van der Waals surface area contributed by atoms with Gasteiger partial charge in [0.25, 0.3) is 0 Å².